The van der Waals surface area contributed by atoms with Gasteiger partial charge in [-0.1, -0.05) is 17.8 Å². The Morgan fingerprint density at radius 1 is 1.37 bits per heavy atom. The Balaban J connectivity index is 1.56. The molecule has 144 valence electrons. The number of thiophene rings is 1. The molecule has 0 spiro atoms. The average Bonchev–Trinajstić information content (AvgIpc) is 3.39. The summed E-state index contributed by atoms with van der Waals surface area (Å²) in [5, 5.41) is 14.3. The zero-order valence-electron chi connectivity index (χ0n) is 15.6. The summed E-state index contributed by atoms with van der Waals surface area (Å²) in [4.78, 5) is 15.4. The van der Waals surface area contributed by atoms with Gasteiger partial charge in [-0.3, -0.25) is 9.69 Å². The van der Waals surface area contributed by atoms with Crippen molar-refractivity contribution in [3.8, 4) is 10.7 Å². The fourth-order valence-corrected chi connectivity index (χ4v) is 4.23. The zero-order chi connectivity index (χ0) is 19.2. The van der Waals surface area contributed by atoms with E-state index >= 15 is 0 Å². The SMILES string of the molecule is CCn1c(SCC(=O)NCC(c2ccco2)N(C)C)nnc1-c1cccs1. The maximum atomic E-state index is 12.3. The molecule has 0 saturated carbocycles. The molecule has 3 aromatic rings. The van der Waals surface area contributed by atoms with Gasteiger partial charge in [-0.2, -0.15) is 0 Å². The van der Waals surface area contributed by atoms with Crippen molar-refractivity contribution in [2.24, 2.45) is 0 Å². The van der Waals surface area contributed by atoms with Crippen molar-refractivity contribution in [2.75, 3.05) is 26.4 Å². The standard InChI is InChI=1S/C18H23N5O2S2/c1-4-23-17(15-8-6-10-26-15)20-21-18(23)27-12-16(24)19-11-13(22(2)3)14-7-5-9-25-14/h5-10,13H,4,11-12H2,1-3H3,(H,19,24). The van der Waals surface area contributed by atoms with Gasteiger partial charge in [0.05, 0.1) is 22.9 Å². The number of likely N-dealkylation sites (N-methyl/N-ethyl adjacent to an activating group) is 1. The first-order valence-electron chi connectivity index (χ1n) is 8.66. The number of thioether (sulfide) groups is 1. The van der Waals surface area contributed by atoms with Gasteiger partial charge in [0, 0.05) is 13.1 Å². The molecule has 0 bridgehead atoms. The molecule has 9 heteroatoms. The molecular formula is C18H23N5O2S2. The topological polar surface area (TPSA) is 76.2 Å². The lowest BCUT2D eigenvalue weighted by Crippen LogP contribution is -2.35. The van der Waals surface area contributed by atoms with E-state index in [9.17, 15) is 4.79 Å². The van der Waals surface area contributed by atoms with E-state index < -0.39 is 0 Å². The molecule has 27 heavy (non-hydrogen) atoms. The summed E-state index contributed by atoms with van der Waals surface area (Å²) in [5.74, 6) is 1.93. The van der Waals surface area contributed by atoms with Crippen LogP contribution in [0.1, 0.15) is 18.7 Å². The van der Waals surface area contributed by atoms with Gasteiger partial charge in [0.1, 0.15) is 5.76 Å². The average molecular weight is 406 g/mol. The lowest BCUT2D eigenvalue weighted by Gasteiger charge is -2.22. The van der Waals surface area contributed by atoms with Crippen LogP contribution in [0, 0.1) is 0 Å². The Hall–Kier alpha value is -2.10. The van der Waals surface area contributed by atoms with Crippen molar-refractivity contribution >= 4 is 29.0 Å². The van der Waals surface area contributed by atoms with Crippen LogP contribution >= 0.6 is 23.1 Å². The molecule has 0 aliphatic heterocycles. The Bertz CT molecular complexity index is 843. The minimum absolute atomic E-state index is 0.00123. The number of carbonyl (C=O) groups excluding carboxylic acids is 1. The number of hydrogen-bond acceptors (Lipinski definition) is 7. The molecule has 3 rings (SSSR count). The Labute approximate surface area is 166 Å². The summed E-state index contributed by atoms with van der Waals surface area (Å²) in [6.45, 7) is 3.29. The highest BCUT2D eigenvalue weighted by atomic mass is 32.2. The van der Waals surface area contributed by atoms with E-state index in [0.717, 1.165) is 28.2 Å². The monoisotopic (exact) mass is 405 g/mol. The molecule has 1 N–H and O–H groups in total. The Morgan fingerprint density at radius 2 is 2.22 bits per heavy atom. The van der Waals surface area contributed by atoms with Crippen molar-refractivity contribution in [2.45, 2.75) is 24.7 Å². The maximum Gasteiger partial charge on any atom is 0.230 e. The van der Waals surface area contributed by atoms with Crippen LogP contribution in [0.4, 0.5) is 0 Å². The van der Waals surface area contributed by atoms with Crippen LogP contribution < -0.4 is 5.32 Å². The fourth-order valence-electron chi connectivity index (χ4n) is 2.68. The molecule has 0 radical (unpaired) electrons. The number of carbonyl (C=O) groups is 1. The van der Waals surface area contributed by atoms with Crippen molar-refractivity contribution in [1.82, 2.24) is 25.0 Å². The third-order valence-electron chi connectivity index (χ3n) is 4.09. The van der Waals surface area contributed by atoms with Crippen molar-refractivity contribution < 1.29 is 9.21 Å². The third kappa shape index (κ3) is 4.79. The molecular weight excluding hydrogens is 382 g/mol. The highest BCUT2D eigenvalue weighted by Crippen LogP contribution is 2.27. The molecule has 0 saturated heterocycles. The third-order valence-corrected chi connectivity index (χ3v) is 5.93. The molecule has 0 aliphatic carbocycles. The van der Waals surface area contributed by atoms with Gasteiger partial charge < -0.3 is 14.3 Å². The minimum Gasteiger partial charge on any atom is -0.468 e. The second-order valence-electron chi connectivity index (χ2n) is 6.12. The Kier molecular flexibility index (Phi) is 6.70. The van der Waals surface area contributed by atoms with Crippen molar-refractivity contribution in [1.29, 1.82) is 0 Å². The summed E-state index contributed by atoms with van der Waals surface area (Å²) in [5.41, 5.74) is 0. The largest absolute Gasteiger partial charge is 0.468 e. The van der Waals surface area contributed by atoms with Gasteiger partial charge in [-0.25, -0.2) is 0 Å². The van der Waals surface area contributed by atoms with Gasteiger partial charge in [-0.15, -0.1) is 21.5 Å². The van der Waals surface area contributed by atoms with Gasteiger partial charge in [0.25, 0.3) is 0 Å². The lowest BCUT2D eigenvalue weighted by atomic mass is 10.2. The van der Waals surface area contributed by atoms with Crippen LogP contribution in [0.5, 0.6) is 0 Å². The summed E-state index contributed by atoms with van der Waals surface area (Å²) in [7, 11) is 3.92. The van der Waals surface area contributed by atoms with E-state index in [1.807, 2.05) is 53.2 Å². The van der Waals surface area contributed by atoms with Crippen molar-refractivity contribution in [3.05, 3.63) is 41.7 Å². The fraction of sp³-hybridized carbons (Fsp3) is 0.389. The van der Waals surface area contributed by atoms with Crippen LogP contribution in [-0.2, 0) is 11.3 Å². The zero-order valence-corrected chi connectivity index (χ0v) is 17.2. The summed E-state index contributed by atoms with van der Waals surface area (Å²) in [6.07, 6.45) is 1.65. The number of aromatic nitrogens is 3. The molecule has 3 aromatic heterocycles. The summed E-state index contributed by atoms with van der Waals surface area (Å²) >= 11 is 3.03. The minimum atomic E-state index is -0.0401. The number of hydrogen-bond donors (Lipinski definition) is 1. The maximum absolute atomic E-state index is 12.3. The number of amides is 1. The number of furan rings is 1. The van der Waals surface area contributed by atoms with Crippen LogP contribution in [0.3, 0.4) is 0 Å². The first-order valence-corrected chi connectivity index (χ1v) is 10.5. The van der Waals surface area contributed by atoms with Crippen LogP contribution in [-0.4, -0.2) is 52.0 Å². The van der Waals surface area contributed by atoms with Crippen molar-refractivity contribution in [3.63, 3.8) is 0 Å². The van der Waals surface area contributed by atoms with E-state index in [0.29, 0.717) is 12.3 Å². The first kappa shape index (κ1) is 19.7. The molecule has 0 aromatic carbocycles. The van der Waals surface area contributed by atoms with E-state index in [1.165, 1.54) is 11.8 Å². The number of nitrogens with zero attached hydrogens (tertiary/aromatic N) is 4. The highest BCUT2D eigenvalue weighted by molar-refractivity contribution is 7.99. The van der Waals surface area contributed by atoms with E-state index in [-0.39, 0.29) is 11.9 Å². The smallest absolute Gasteiger partial charge is 0.230 e. The van der Waals surface area contributed by atoms with Gasteiger partial charge >= 0.3 is 0 Å². The van der Waals surface area contributed by atoms with Gasteiger partial charge in [0.2, 0.25) is 5.91 Å². The normalized spacial score (nSPS) is 12.4. The summed E-state index contributed by atoms with van der Waals surface area (Å²) < 4.78 is 7.51. The molecule has 1 unspecified atom stereocenters. The van der Waals surface area contributed by atoms with E-state index in [2.05, 4.69) is 22.4 Å². The molecule has 1 amide bonds. The lowest BCUT2D eigenvalue weighted by molar-refractivity contribution is -0.118. The van der Waals surface area contributed by atoms with E-state index in [4.69, 9.17) is 4.42 Å². The predicted octanol–water partition coefficient (Wildman–Crippen LogP) is 3.13. The van der Waals surface area contributed by atoms with E-state index in [1.54, 1.807) is 17.6 Å². The van der Waals surface area contributed by atoms with Gasteiger partial charge in [-0.05, 0) is 44.6 Å². The molecule has 7 nitrogen and oxygen atoms in total. The molecule has 1 atom stereocenters. The quantitative estimate of drug-likeness (QED) is 0.551. The second kappa shape index (κ2) is 9.20. The van der Waals surface area contributed by atoms with Crippen LogP contribution in [0.2, 0.25) is 0 Å². The molecule has 3 heterocycles. The summed E-state index contributed by atoms with van der Waals surface area (Å²) in [6, 6.07) is 7.79. The van der Waals surface area contributed by atoms with Crippen LogP contribution in [0.25, 0.3) is 10.7 Å². The second-order valence-corrected chi connectivity index (χ2v) is 8.01. The molecule has 0 fully saturated rings. The highest BCUT2D eigenvalue weighted by Gasteiger charge is 2.19. The number of nitrogens with one attached hydrogen (secondary N) is 1. The Morgan fingerprint density at radius 3 is 2.85 bits per heavy atom. The molecule has 0 aliphatic rings. The predicted molar refractivity (Wildman–Crippen MR) is 108 cm³/mol. The van der Waals surface area contributed by atoms with Crippen LogP contribution in [0.15, 0.2) is 45.5 Å². The number of rotatable bonds is 9. The van der Waals surface area contributed by atoms with Gasteiger partial charge in [0.15, 0.2) is 11.0 Å². The first-order chi connectivity index (χ1) is 13.1.